The standard InChI is InChI=1S/C16H22ClN3O3/c1-4-22-16(21)15(20-9-11(2)23-12(3)10-20)19-18-14-8-6-5-7-13(14)17/h5-8,11-12,18H,4,9-10H2,1-3H3/b19-15-. The highest BCUT2D eigenvalue weighted by Gasteiger charge is 2.29. The lowest BCUT2D eigenvalue weighted by atomic mass is 10.2. The maximum Gasteiger partial charge on any atom is 0.375 e. The van der Waals surface area contributed by atoms with Crippen molar-refractivity contribution in [3.05, 3.63) is 29.3 Å². The second-order valence-corrected chi connectivity index (χ2v) is 5.82. The lowest BCUT2D eigenvalue weighted by Gasteiger charge is -2.36. The molecule has 7 heteroatoms. The van der Waals surface area contributed by atoms with E-state index in [9.17, 15) is 4.79 Å². The van der Waals surface area contributed by atoms with Gasteiger partial charge in [-0.15, -0.1) is 5.10 Å². The predicted octanol–water partition coefficient (Wildman–Crippen LogP) is 2.74. The van der Waals surface area contributed by atoms with Gasteiger partial charge in [-0.1, -0.05) is 23.7 Å². The first kappa shape index (κ1) is 17.6. The highest BCUT2D eigenvalue weighted by molar-refractivity contribution is 6.35. The number of ether oxygens (including phenoxy) is 2. The van der Waals surface area contributed by atoms with E-state index in [1.54, 1.807) is 19.1 Å². The van der Waals surface area contributed by atoms with Crippen LogP contribution in [0.5, 0.6) is 0 Å². The molecule has 2 unspecified atom stereocenters. The first-order chi connectivity index (χ1) is 11.0. The van der Waals surface area contributed by atoms with E-state index in [1.807, 2.05) is 30.9 Å². The van der Waals surface area contributed by atoms with Gasteiger partial charge in [0.15, 0.2) is 0 Å². The fourth-order valence-corrected chi connectivity index (χ4v) is 2.63. The molecule has 0 aliphatic carbocycles. The maximum atomic E-state index is 12.3. The van der Waals surface area contributed by atoms with Crippen molar-refractivity contribution in [3.8, 4) is 0 Å². The summed E-state index contributed by atoms with van der Waals surface area (Å²) in [6.07, 6.45) is 0.0254. The molecule has 1 aliphatic heterocycles. The molecule has 0 bridgehead atoms. The van der Waals surface area contributed by atoms with Crippen LogP contribution < -0.4 is 5.43 Å². The third-order valence-corrected chi connectivity index (χ3v) is 3.66. The summed E-state index contributed by atoms with van der Waals surface area (Å²) in [7, 11) is 0. The Morgan fingerprint density at radius 3 is 2.65 bits per heavy atom. The van der Waals surface area contributed by atoms with Crippen molar-refractivity contribution in [2.75, 3.05) is 25.1 Å². The molecule has 1 aromatic rings. The van der Waals surface area contributed by atoms with E-state index < -0.39 is 5.97 Å². The number of carbonyl (C=O) groups is 1. The number of rotatable bonds is 3. The molecule has 1 fully saturated rings. The number of amidine groups is 1. The van der Waals surface area contributed by atoms with Gasteiger partial charge in [0.2, 0.25) is 5.84 Å². The predicted molar refractivity (Wildman–Crippen MR) is 90.7 cm³/mol. The van der Waals surface area contributed by atoms with Gasteiger partial charge in [0.25, 0.3) is 0 Å². The molecule has 0 aromatic heterocycles. The molecule has 1 N–H and O–H groups in total. The third-order valence-electron chi connectivity index (χ3n) is 3.33. The van der Waals surface area contributed by atoms with Crippen LogP contribution in [0.1, 0.15) is 20.8 Å². The van der Waals surface area contributed by atoms with Crippen LogP contribution in [-0.2, 0) is 14.3 Å². The summed E-state index contributed by atoms with van der Waals surface area (Å²) < 4.78 is 10.8. The number of nitrogens with one attached hydrogen (secondary N) is 1. The third kappa shape index (κ3) is 4.84. The van der Waals surface area contributed by atoms with Gasteiger partial charge in [0.05, 0.1) is 29.5 Å². The number of anilines is 1. The van der Waals surface area contributed by atoms with E-state index >= 15 is 0 Å². The number of hydrogen-bond acceptors (Lipinski definition) is 5. The second-order valence-electron chi connectivity index (χ2n) is 5.41. The van der Waals surface area contributed by atoms with Crippen LogP contribution in [0.4, 0.5) is 5.69 Å². The fourth-order valence-electron chi connectivity index (χ4n) is 2.46. The lowest BCUT2D eigenvalue weighted by Crippen LogP contribution is -2.51. The molecule has 1 aliphatic rings. The van der Waals surface area contributed by atoms with Gasteiger partial charge in [-0.05, 0) is 32.9 Å². The molecule has 6 nitrogen and oxygen atoms in total. The van der Waals surface area contributed by atoms with Crippen LogP contribution in [0, 0.1) is 0 Å². The number of halogens is 1. The Bertz CT molecular complexity index is 569. The Kier molecular flexibility index (Phi) is 6.24. The molecule has 23 heavy (non-hydrogen) atoms. The van der Waals surface area contributed by atoms with Crippen molar-refractivity contribution in [1.82, 2.24) is 4.90 Å². The van der Waals surface area contributed by atoms with E-state index in [4.69, 9.17) is 21.1 Å². The molecule has 0 saturated carbocycles. The molecule has 126 valence electrons. The first-order valence-corrected chi connectivity index (χ1v) is 8.04. The van der Waals surface area contributed by atoms with Crippen molar-refractivity contribution >= 4 is 29.1 Å². The number of carbonyl (C=O) groups excluding carboxylic acids is 1. The van der Waals surface area contributed by atoms with Crippen LogP contribution in [0.2, 0.25) is 5.02 Å². The first-order valence-electron chi connectivity index (χ1n) is 7.67. The van der Waals surface area contributed by atoms with Crippen LogP contribution in [-0.4, -0.2) is 48.6 Å². The van der Waals surface area contributed by atoms with E-state index in [0.717, 1.165) is 0 Å². The largest absolute Gasteiger partial charge is 0.460 e. The van der Waals surface area contributed by atoms with Gasteiger partial charge in [-0.2, -0.15) is 0 Å². The lowest BCUT2D eigenvalue weighted by molar-refractivity contribution is -0.136. The minimum absolute atomic E-state index is 0.0127. The quantitative estimate of drug-likeness (QED) is 0.397. The zero-order valence-corrected chi connectivity index (χ0v) is 14.3. The average molecular weight is 340 g/mol. The number of morpholine rings is 1. The van der Waals surface area contributed by atoms with Crippen molar-refractivity contribution < 1.29 is 14.3 Å². The van der Waals surface area contributed by atoms with Gasteiger partial charge in [0.1, 0.15) is 0 Å². The Balaban J connectivity index is 2.21. The van der Waals surface area contributed by atoms with Crippen LogP contribution in [0.3, 0.4) is 0 Å². The smallest absolute Gasteiger partial charge is 0.375 e. The summed E-state index contributed by atoms with van der Waals surface area (Å²) >= 11 is 6.10. The fraction of sp³-hybridized carbons (Fsp3) is 0.500. The molecule has 1 aromatic carbocycles. The number of nitrogens with zero attached hydrogens (tertiary/aromatic N) is 2. The van der Waals surface area contributed by atoms with Crippen LogP contribution in [0.15, 0.2) is 29.4 Å². The Morgan fingerprint density at radius 1 is 1.39 bits per heavy atom. The Labute approximate surface area is 141 Å². The van der Waals surface area contributed by atoms with E-state index in [2.05, 4.69) is 10.5 Å². The highest BCUT2D eigenvalue weighted by atomic mass is 35.5. The summed E-state index contributed by atoms with van der Waals surface area (Å²) in [6.45, 7) is 7.14. The number of para-hydroxylation sites is 1. The maximum absolute atomic E-state index is 12.3. The summed E-state index contributed by atoms with van der Waals surface area (Å²) in [5.74, 6) is -0.234. The number of hydrazone groups is 1. The van der Waals surface area contributed by atoms with Gasteiger partial charge in [-0.3, -0.25) is 5.43 Å². The second kappa shape index (κ2) is 8.17. The van der Waals surface area contributed by atoms with Crippen LogP contribution in [0.25, 0.3) is 0 Å². The minimum Gasteiger partial charge on any atom is -0.460 e. The van der Waals surface area contributed by atoms with Crippen molar-refractivity contribution in [2.45, 2.75) is 33.0 Å². The molecule has 1 saturated heterocycles. The monoisotopic (exact) mass is 339 g/mol. The molecule has 1 heterocycles. The highest BCUT2D eigenvalue weighted by Crippen LogP contribution is 2.20. The zero-order chi connectivity index (χ0) is 16.8. The summed E-state index contributed by atoms with van der Waals surface area (Å²) in [5, 5.41) is 4.77. The van der Waals surface area contributed by atoms with Gasteiger partial charge in [0, 0.05) is 13.1 Å². The summed E-state index contributed by atoms with van der Waals surface area (Å²) in [4.78, 5) is 14.1. The zero-order valence-electron chi connectivity index (χ0n) is 13.6. The van der Waals surface area contributed by atoms with Crippen molar-refractivity contribution in [3.63, 3.8) is 0 Å². The van der Waals surface area contributed by atoms with Crippen LogP contribution >= 0.6 is 11.6 Å². The SMILES string of the molecule is CCOC(=O)/C(=N/Nc1ccccc1Cl)N1CC(C)OC(C)C1. The number of hydrogen-bond donors (Lipinski definition) is 1. The van der Waals surface area contributed by atoms with E-state index in [-0.39, 0.29) is 18.0 Å². The average Bonchev–Trinajstić information content (AvgIpc) is 2.48. The molecular formula is C16H22ClN3O3. The molecular weight excluding hydrogens is 318 g/mol. The number of esters is 1. The topological polar surface area (TPSA) is 63.2 Å². The van der Waals surface area contributed by atoms with Crippen molar-refractivity contribution in [1.29, 1.82) is 0 Å². The molecule has 0 spiro atoms. The molecule has 2 atom stereocenters. The van der Waals surface area contributed by atoms with Gasteiger partial charge < -0.3 is 14.4 Å². The summed E-state index contributed by atoms with van der Waals surface area (Å²) in [5.41, 5.74) is 3.48. The number of benzene rings is 1. The van der Waals surface area contributed by atoms with Crippen molar-refractivity contribution in [2.24, 2.45) is 5.10 Å². The minimum atomic E-state index is -0.464. The molecule has 0 amide bonds. The Morgan fingerprint density at radius 2 is 2.04 bits per heavy atom. The Hall–Kier alpha value is -1.79. The van der Waals surface area contributed by atoms with E-state index in [1.165, 1.54) is 0 Å². The van der Waals surface area contributed by atoms with E-state index in [0.29, 0.717) is 30.4 Å². The normalized spacial score (nSPS) is 21.9. The molecule has 2 rings (SSSR count). The molecule has 0 radical (unpaired) electrons. The van der Waals surface area contributed by atoms with Gasteiger partial charge in [-0.25, -0.2) is 4.79 Å². The van der Waals surface area contributed by atoms with Gasteiger partial charge >= 0.3 is 5.97 Å². The summed E-state index contributed by atoms with van der Waals surface area (Å²) in [6, 6.07) is 7.21.